The fourth-order valence-corrected chi connectivity index (χ4v) is 4.39. The van der Waals surface area contributed by atoms with Gasteiger partial charge in [-0.05, 0) is 31.4 Å². The molecule has 1 fully saturated rings. The van der Waals surface area contributed by atoms with Gasteiger partial charge in [-0.3, -0.25) is 9.59 Å². The Morgan fingerprint density at radius 1 is 1.21 bits per heavy atom. The van der Waals surface area contributed by atoms with Gasteiger partial charge in [0.05, 0.1) is 5.69 Å². The normalized spacial score (nSPS) is 20.2. The number of benzene rings is 1. The number of likely N-dealkylation sites (N-methyl/N-ethyl adjacent to an activating group) is 1. The molecule has 8 nitrogen and oxygen atoms in total. The molecule has 0 aliphatic carbocycles. The van der Waals surface area contributed by atoms with Crippen molar-refractivity contribution in [2.24, 2.45) is 5.92 Å². The van der Waals surface area contributed by atoms with Crippen molar-refractivity contribution in [3.8, 4) is 0 Å². The molecule has 176 valence electrons. The van der Waals surface area contributed by atoms with Crippen LogP contribution < -0.4 is 15.5 Å². The average molecular weight is 462 g/mol. The van der Waals surface area contributed by atoms with E-state index in [1.54, 1.807) is 6.92 Å². The first kappa shape index (κ1) is 22.8. The van der Waals surface area contributed by atoms with Gasteiger partial charge in [0.25, 0.3) is 5.91 Å². The number of halogens is 3. The minimum absolute atomic E-state index is 0.0744. The Morgan fingerprint density at radius 2 is 1.88 bits per heavy atom. The van der Waals surface area contributed by atoms with Crippen LogP contribution in [0.2, 0.25) is 0 Å². The number of likely N-dealkylation sites (tertiary alicyclic amines) is 1. The Balaban J connectivity index is 1.49. The van der Waals surface area contributed by atoms with E-state index in [4.69, 9.17) is 0 Å². The molecule has 2 N–H and O–H groups in total. The van der Waals surface area contributed by atoms with Crippen LogP contribution in [0, 0.1) is 30.3 Å². The minimum Gasteiger partial charge on any atom is -0.350 e. The third-order valence-electron chi connectivity index (χ3n) is 6.01. The molecule has 1 saturated heterocycles. The number of rotatable bonds is 4. The molecule has 0 bridgehead atoms. The van der Waals surface area contributed by atoms with Crippen LogP contribution in [-0.2, 0) is 4.79 Å². The minimum atomic E-state index is -1.60. The van der Waals surface area contributed by atoms with Crippen LogP contribution in [0.15, 0.2) is 12.1 Å². The van der Waals surface area contributed by atoms with Crippen molar-refractivity contribution in [3.63, 3.8) is 0 Å². The summed E-state index contributed by atoms with van der Waals surface area (Å²) in [6.45, 7) is 6.31. The standard InChI is InChI=1S/C22H25F3N6O2/c1-10(2)18-20(32)28-17-11(3)26-22(29-19(17)30(18)4)27-13-5-6-31(9-13)21(33)12-7-14(23)16(25)15(24)8-12/h7-8,10,13,18H,5-6,9H2,1-4H3,(H,28,32)(H,26,27,29)/t13-,18-/m0/s1. The van der Waals surface area contributed by atoms with Gasteiger partial charge < -0.3 is 20.4 Å². The molecule has 2 aliphatic rings. The molecule has 0 saturated carbocycles. The Kier molecular flexibility index (Phi) is 5.89. The maximum Gasteiger partial charge on any atom is 0.254 e. The van der Waals surface area contributed by atoms with E-state index in [0.29, 0.717) is 48.2 Å². The molecule has 1 aromatic heterocycles. The number of aryl methyl sites for hydroxylation is 1. The summed E-state index contributed by atoms with van der Waals surface area (Å²) in [7, 11) is 1.81. The zero-order chi connectivity index (χ0) is 24.0. The maximum absolute atomic E-state index is 13.5. The van der Waals surface area contributed by atoms with Gasteiger partial charge in [0.2, 0.25) is 11.9 Å². The number of nitrogens with zero attached hydrogens (tertiary/aromatic N) is 4. The number of fused-ring (bicyclic) bond motifs is 1. The molecular weight excluding hydrogens is 437 g/mol. The number of amides is 2. The first-order valence-electron chi connectivity index (χ1n) is 10.7. The molecule has 2 atom stereocenters. The van der Waals surface area contributed by atoms with Crippen LogP contribution in [0.1, 0.15) is 36.3 Å². The number of nitrogens with one attached hydrogen (secondary N) is 2. The van der Waals surface area contributed by atoms with Crippen LogP contribution in [0.25, 0.3) is 0 Å². The first-order valence-corrected chi connectivity index (χ1v) is 10.7. The lowest BCUT2D eigenvalue weighted by Gasteiger charge is -2.37. The lowest BCUT2D eigenvalue weighted by atomic mass is 9.99. The topological polar surface area (TPSA) is 90.5 Å². The second-order valence-corrected chi connectivity index (χ2v) is 8.76. The van der Waals surface area contributed by atoms with E-state index in [2.05, 4.69) is 20.6 Å². The van der Waals surface area contributed by atoms with Crippen LogP contribution in [0.4, 0.5) is 30.6 Å². The molecule has 2 amide bonds. The Hall–Kier alpha value is -3.37. The van der Waals surface area contributed by atoms with E-state index < -0.39 is 23.4 Å². The van der Waals surface area contributed by atoms with E-state index in [9.17, 15) is 22.8 Å². The predicted molar refractivity (Wildman–Crippen MR) is 117 cm³/mol. The summed E-state index contributed by atoms with van der Waals surface area (Å²) in [5.41, 5.74) is 0.923. The summed E-state index contributed by atoms with van der Waals surface area (Å²) in [6.07, 6.45) is 0.568. The summed E-state index contributed by atoms with van der Waals surface area (Å²) < 4.78 is 40.2. The highest BCUT2D eigenvalue weighted by atomic mass is 19.2. The van der Waals surface area contributed by atoms with E-state index >= 15 is 0 Å². The molecule has 2 aliphatic heterocycles. The summed E-state index contributed by atoms with van der Waals surface area (Å²) in [5, 5.41) is 6.10. The highest BCUT2D eigenvalue weighted by Gasteiger charge is 2.36. The molecule has 0 radical (unpaired) electrons. The largest absolute Gasteiger partial charge is 0.350 e. The quantitative estimate of drug-likeness (QED) is 0.679. The lowest BCUT2D eigenvalue weighted by Crippen LogP contribution is -2.49. The van der Waals surface area contributed by atoms with Crippen molar-refractivity contribution in [2.45, 2.75) is 39.3 Å². The smallest absolute Gasteiger partial charge is 0.254 e. The molecule has 2 aromatic rings. The number of hydrogen-bond acceptors (Lipinski definition) is 6. The average Bonchev–Trinajstić information content (AvgIpc) is 3.20. The zero-order valence-electron chi connectivity index (χ0n) is 18.7. The second kappa shape index (κ2) is 8.53. The van der Waals surface area contributed by atoms with Crippen molar-refractivity contribution in [1.29, 1.82) is 0 Å². The van der Waals surface area contributed by atoms with Gasteiger partial charge in [-0.15, -0.1) is 0 Å². The van der Waals surface area contributed by atoms with Gasteiger partial charge in [0.1, 0.15) is 11.7 Å². The number of anilines is 3. The number of hydrogen-bond donors (Lipinski definition) is 2. The predicted octanol–water partition coefficient (Wildman–Crippen LogP) is 2.94. The molecule has 0 unspecified atom stereocenters. The van der Waals surface area contributed by atoms with Gasteiger partial charge in [-0.2, -0.15) is 4.98 Å². The number of carbonyl (C=O) groups excluding carboxylic acids is 2. The van der Waals surface area contributed by atoms with Crippen molar-refractivity contribution in [3.05, 3.63) is 40.8 Å². The van der Waals surface area contributed by atoms with Gasteiger partial charge in [-0.1, -0.05) is 13.8 Å². The zero-order valence-corrected chi connectivity index (χ0v) is 18.7. The van der Waals surface area contributed by atoms with E-state index in [0.717, 1.165) is 0 Å². The van der Waals surface area contributed by atoms with E-state index in [1.165, 1.54) is 4.90 Å². The van der Waals surface area contributed by atoms with Crippen LogP contribution in [0.5, 0.6) is 0 Å². The van der Waals surface area contributed by atoms with Gasteiger partial charge in [-0.25, -0.2) is 18.2 Å². The first-order chi connectivity index (χ1) is 15.6. The molecule has 1 aromatic carbocycles. The maximum atomic E-state index is 13.5. The SMILES string of the molecule is Cc1nc(N[C@H]2CCN(C(=O)c3cc(F)c(F)c(F)c3)C2)nc2c1NC(=O)[C@H](C(C)C)N2C. The highest BCUT2D eigenvalue weighted by Crippen LogP contribution is 2.34. The fourth-order valence-electron chi connectivity index (χ4n) is 4.39. The fraction of sp³-hybridized carbons (Fsp3) is 0.455. The second-order valence-electron chi connectivity index (χ2n) is 8.76. The molecule has 11 heteroatoms. The molecule has 33 heavy (non-hydrogen) atoms. The van der Waals surface area contributed by atoms with Crippen molar-refractivity contribution in [1.82, 2.24) is 14.9 Å². The van der Waals surface area contributed by atoms with Crippen molar-refractivity contribution >= 4 is 29.3 Å². The molecule has 4 rings (SSSR count). The highest BCUT2D eigenvalue weighted by molar-refractivity contribution is 6.03. The number of carbonyl (C=O) groups is 2. The lowest BCUT2D eigenvalue weighted by molar-refractivity contribution is -0.118. The van der Waals surface area contributed by atoms with E-state index in [1.807, 2.05) is 25.8 Å². The Morgan fingerprint density at radius 3 is 2.52 bits per heavy atom. The molecular formula is C22H25F3N6O2. The van der Waals surface area contributed by atoms with Crippen molar-refractivity contribution < 1.29 is 22.8 Å². The van der Waals surface area contributed by atoms with Gasteiger partial charge >= 0.3 is 0 Å². The molecule has 0 spiro atoms. The Bertz CT molecular complexity index is 1100. The van der Waals surface area contributed by atoms with Gasteiger partial charge in [0, 0.05) is 31.7 Å². The summed E-state index contributed by atoms with van der Waals surface area (Å²) in [4.78, 5) is 37.4. The monoisotopic (exact) mass is 462 g/mol. The van der Waals surface area contributed by atoms with E-state index in [-0.39, 0.29) is 36.0 Å². The summed E-state index contributed by atoms with van der Waals surface area (Å²) >= 11 is 0. The summed E-state index contributed by atoms with van der Waals surface area (Å²) in [5.74, 6) is -4.06. The van der Waals surface area contributed by atoms with Crippen molar-refractivity contribution in [2.75, 3.05) is 35.7 Å². The third kappa shape index (κ3) is 4.19. The number of aromatic nitrogens is 2. The van der Waals surface area contributed by atoms with Crippen LogP contribution in [-0.4, -0.2) is 58.9 Å². The third-order valence-corrected chi connectivity index (χ3v) is 6.01. The van der Waals surface area contributed by atoms with Gasteiger partial charge in [0.15, 0.2) is 23.3 Å². The summed E-state index contributed by atoms with van der Waals surface area (Å²) in [6, 6.07) is 0.848. The molecule has 3 heterocycles. The Labute approximate surface area is 189 Å². The van der Waals surface area contributed by atoms with Crippen LogP contribution in [0.3, 0.4) is 0 Å². The van der Waals surface area contributed by atoms with Crippen LogP contribution >= 0.6 is 0 Å².